The maximum atomic E-state index is 13.3. The van der Waals surface area contributed by atoms with Gasteiger partial charge >= 0.3 is 0 Å². The molecule has 8 heteroatoms. The molecule has 32 heavy (non-hydrogen) atoms. The minimum absolute atomic E-state index is 0.0558. The summed E-state index contributed by atoms with van der Waals surface area (Å²) in [5.41, 5.74) is 3.99. The lowest BCUT2D eigenvalue weighted by atomic mass is 10.1. The van der Waals surface area contributed by atoms with Gasteiger partial charge in [0.05, 0.1) is 26.8 Å². The Morgan fingerprint density at radius 2 is 1.72 bits per heavy atom. The van der Waals surface area contributed by atoms with E-state index in [0.717, 1.165) is 21.3 Å². The number of fused-ring (bicyclic) bond motifs is 1. The van der Waals surface area contributed by atoms with Crippen molar-refractivity contribution in [2.75, 3.05) is 32.1 Å². The van der Waals surface area contributed by atoms with Gasteiger partial charge in [0.25, 0.3) is 0 Å². The zero-order valence-electron chi connectivity index (χ0n) is 19.5. The lowest BCUT2D eigenvalue weighted by Crippen LogP contribution is -2.37. The van der Waals surface area contributed by atoms with Crippen LogP contribution in [0.15, 0.2) is 41.3 Å². The topological polar surface area (TPSA) is 70.6 Å². The molecule has 3 rings (SSSR count). The van der Waals surface area contributed by atoms with E-state index in [1.54, 1.807) is 43.0 Å². The fraction of sp³-hybridized carbons (Fsp3) is 0.417. The molecule has 172 valence electrons. The summed E-state index contributed by atoms with van der Waals surface area (Å²) in [5, 5.41) is 0.210. The molecule has 6 nitrogen and oxygen atoms in total. The molecule has 1 aromatic heterocycles. The number of aryl methyl sites for hydroxylation is 2. The molecule has 1 amide bonds. The first-order chi connectivity index (χ1) is 15.0. The van der Waals surface area contributed by atoms with Crippen LogP contribution in [0.1, 0.15) is 30.5 Å². The fourth-order valence-electron chi connectivity index (χ4n) is 3.44. The molecule has 0 atom stereocenters. The third-order valence-corrected chi connectivity index (χ3v) is 8.54. The van der Waals surface area contributed by atoms with Crippen molar-refractivity contribution in [2.24, 2.45) is 0 Å². The molecular formula is C24H31N3O3S2. The molecule has 0 spiro atoms. The minimum atomic E-state index is -3.33. The Kier molecular flexibility index (Phi) is 7.37. The number of sulfone groups is 1. The number of carbonyl (C=O) groups excluding carboxylic acids is 1. The van der Waals surface area contributed by atoms with Gasteiger partial charge in [-0.2, -0.15) is 0 Å². The normalized spacial score (nSPS) is 12.1. The first kappa shape index (κ1) is 24.4. The van der Waals surface area contributed by atoms with E-state index in [0.29, 0.717) is 18.2 Å². The maximum absolute atomic E-state index is 13.3. The number of aromatic nitrogens is 1. The van der Waals surface area contributed by atoms with Gasteiger partial charge in [-0.1, -0.05) is 29.5 Å². The zero-order chi connectivity index (χ0) is 23.6. The summed E-state index contributed by atoms with van der Waals surface area (Å²) in [6, 6.07) is 10.8. The SMILES string of the molecule is Cc1cc(C)c2nc(N(CCN(C)C)C(=O)Cc3ccc(S(=O)(=O)C(C)C)cc3)sc2c1. The van der Waals surface area contributed by atoms with E-state index in [9.17, 15) is 13.2 Å². The molecule has 0 radical (unpaired) electrons. The van der Waals surface area contributed by atoms with Gasteiger partial charge < -0.3 is 4.90 Å². The second kappa shape index (κ2) is 9.68. The Balaban J connectivity index is 1.88. The zero-order valence-corrected chi connectivity index (χ0v) is 21.2. The van der Waals surface area contributed by atoms with Gasteiger partial charge in [0.15, 0.2) is 15.0 Å². The first-order valence-electron chi connectivity index (χ1n) is 10.6. The largest absolute Gasteiger partial charge is 0.308 e. The van der Waals surface area contributed by atoms with Crippen molar-refractivity contribution in [1.82, 2.24) is 9.88 Å². The standard InChI is InChI=1S/C24H31N3O3S2/c1-16(2)32(29,30)20-9-7-19(8-10-20)15-22(28)27(12-11-26(5)6)24-25-23-18(4)13-17(3)14-21(23)31-24/h7-10,13-14,16H,11-12,15H2,1-6H3. The van der Waals surface area contributed by atoms with Crippen molar-refractivity contribution in [3.05, 3.63) is 53.1 Å². The molecule has 3 aromatic rings. The monoisotopic (exact) mass is 473 g/mol. The Morgan fingerprint density at radius 1 is 1.06 bits per heavy atom. The number of thiazole rings is 1. The van der Waals surface area contributed by atoms with Crippen molar-refractivity contribution in [3.63, 3.8) is 0 Å². The number of anilines is 1. The molecule has 0 saturated heterocycles. The van der Waals surface area contributed by atoms with Crippen molar-refractivity contribution in [1.29, 1.82) is 0 Å². The number of likely N-dealkylation sites (N-methyl/N-ethyl adjacent to an activating group) is 1. The Bertz CT molecular complexity index is 1210. The van der Waals surface area contributed by atoms with Crippen LogP contribution in [0, 0.1) is 13.8 Å². The van der Waals surface area contributed by atoms with Crippen LogP contribution in [-0.4, -0.2) is 56.6 Å². The second-order valence-corrected chi connectivity index (χ2v) is 12.2. The van der Waals surface area contributed by atoms with E-state index in [4.69, 9.17) is 4.98 Å². The van der Waals surface area contributed by atoms with Gasteiger partial charge in [-0.3, -0.25) is 9.69 Å². The summed E-state index contributed by atoms with van der Waals surface area (Å²) in [5.74, 6) is -0.0558. The van der Waals surface area contributed by atoms with Crippen molar-refractivity contribution in [2.45, 2.75) is 44.3 Å². The van der Waals surface area contributed by atoms with Gasteiger partial charge in [0.2, 0.25) is 5.91 Å². The average Bonchev–Trinajstić information content (AvgIpc) is 3.12. The van der Waals surface area contributed by atoms with Gasteiger partial charge in [-0.15, -0.1) is 0 Å². The maximum Gasteiger partial charge on any atom is 0.233 e. The summed E-state index contributed by atoms with van der Waals surface area (Å²) < 4.78 is 25.8. The molecule has 0 aliphatic heterocycles. The van der Waals surface area contributed by atoms with Gasteiger partial charge in [0.1, 0.15) is 0 Å². The number of amides is 1. The van der Waals surface area contributed by atoms with E-state index >= 15 is 0 Å². The van der Waals surface area contributed by atoms with Crippen LogP contribution in [-0.2, 0) is 21.1 Å². The highest BCUT2D eigenvalue weighted by molar-refractivity contribution is 7.92. The quantitative estimate of drug-likeness (QED) is 0.490. The van der Waals surface area contributed by atoms with Gasteiger partial charge in [-0.05, 0) is 76.7 Å². The molecule has 1 heterocycles. The van der Waals surface area contributed by atoms with Crippen LogP contribution in [0.5, 0.6) is 0 Å². The van der Waals surface area contributed by atoms with Crippen LogP contribution >= 0.6 is 11.3 Å². The minimum Gasteiger partial charge on any atom is -0.308 e. The number of benzene rings is 2. The molecule has 0 bridgehead atoms. The average molecular weight is 474 g/mol. The Hall–Kier alpha value is -2.29. The summed E-state index contributed by atoms with van der Waals surface area (Å²) in [7, 11) is 0.618. The molecule has 0 N–H and O–H groups in total. The van der Waals surface area contributed by atoms with Crippen LogP contribution < -0.4 is 4.90 Å². The van der Waals surface area contributed by atoms with Crippen LogP contribution in [0.25, 0.3) is 10.2 Å². The van der Waals surface area contributed by atoms with Crippen LogP contribution in [0.4, 0.5) is 5.13 Å². The molecule has 0 unspecified atom stereocenters. The van der Waals surface area contributed by atoms with Crippen molar-refractivity contribution in [3.8, 4) is 0 Å². The van der Waals surface area contributed by atoms with Crippen molar-refractivity contribution < 1.29 is 13.2 Å². The predicted octanol–water partition coefficient (Wildman–Crippen LogP) is 4.23. The number of hydrogen-bond acceptors (Lipinski definition) is 6. The highest BCUT2D eigenvalue weighted by Gasteiger charge is 2.22. The van der Waals surface area contributed by atoms with E-state index < -0.39 is 15.1 Å². The Labute approximate surface area is 194 Å². The summed E-state index contributed by atoms with van der Waals surface area (Å²) in [6.07, 6.45) is 0.184. The summed E-state index contributed by atoms with van der Waals surface area (Å²) in [6.45, 7) is 8.67. The smallest absolute Gasteiger partial charge is 0.233 e. The lowest BCUT2D eigenvalue weighted by molar-refractivity contribution is -0.118. The van der Waals surface area contributed by atoms with Crippen LogP contribution in [0.3, 0.4) is 0 Å². The third-order valence-electron chi connectivity index (χ3n) is 5.35. The Morgan fingerprint density at radius 3 is 2.31 bits per heavy atom. The van der Waals surface area contributed by atoms with E-state index in [1.807, 2.05) is 25.9 Å². The predicted molar refractivity (Wildman–Crippen MR) is 132 cm³/mol. The van der Waals surface area contributed by atoms with Gasteiger partial charge in [0, 0.05) is 13.1 Å². The fourth-order valence-corrected chi connectivity index (χ4v) is 5.69. The molecule has 0 aliphatic rings. The summed E-state index contributed by atoms with van der Waals surface area (Å²) in [4.78, 5) is 22.2. The summed E-state index contributed by atoms with van der Waals surface area (Å²) >= 11 is 1.53. The first-order valence-corrected chi connectivity index (χ1v) is 13.0. The molecule has 0 aliphatic carbocycles. The highest BCUT2D eigenvalue weighted by atomic mass is 32.2. The number of carbonyl (C=O) groups is 1. The van der Waals surface area contributed by atoms with Crippen molar-refractivity contribution >= 4 is 42.4 Å². The van der Waals surface area contributed by atoms with E-state index in [2.05, 4.69) is 19.1 Å². The molecular weight excluding hydrogens is 442 g/mol. The number of nitrogens with zero attached hydrogens (tertiary/aromatic N) is 3. The van der Waals surface area contributed by atoms with E-state index in [1.165, 1.54) is 16.9 Å². The molecule has 0 saturated carbocycles. The molecule has 2 aromatic carbocycles. The highest BCUT2D eigenvalue weighted by Crippen LogP contribution is 2.32. The number of rotatable bonds is 8. The van der Waals surface area contributed by atoms with Crippen LogP contribution in [0.2, 0.25) is 0 Å². The number of hydrogen-bond donors (Lipinski definition) is 0. The lowest BCUT2D eigenvalue weighted by Gasteiger charge is -2.22. The molecule has 0 fully saturated rings. The van der Waals surface area contributed by atoms with Gasteiger partial charge in [-0.25, -0.2) is 13.4 Å². The third kappa shape index (κ3) is 5.36. The van der Waals surface area contributed by atoms with E-state index in [-0.39, 0.29) is 17.2 Å². The second-order valence-electron chi connectivity index (χ2n) is 8.69.